The SMILES string of the molecule is CN1CCCC2(C1)NC(C)(C)CS2. The Hall–Kier alpha value is 0.270. The van der Waals surface area contributed by atoms with Gasteiger partial charge in [-0.15, -0.1) is 11.8 Å². The summed E-state index contributed by atoms with van der Waals surface area (Å²) in [4.78, 5) is 2.82. The minimum absolute atomic E-state index is 0.336. The summed E-state index contributed by atoms with van der Waals surface area (Å²) >= 11 is 2.12. The van der Waals surface area contributed by atoms with E-state index in [0.29, 0.717) is 10.4 Å². The molecule has 1 unspecified atom stereocenters. The zero-order valence-electron chi connectivity index (χ0n) is 8.89. The van der Waals surface area contributed by atoms with Gasteiger partial charge in [0.1, 0.15) is 0 Å². The van der Waals surface area contributed by atoms with E-state index in [4.69, 9.17) is 0 Å². The first-order valence-electron chi connectivity index (χ1n) is 5.13. The molecule has 0 aromatic carbocycles. The van der Waals surface area contributed by atoms with Crippen molar-refractivity contribution in [1.29, 1.82) is 0 Å². The van der Waals surface area contributed by atoms with E-state index in [9.17, 15) is 0 Å². The number of nitrogens with zero attached hydrogens (tertiary/aromatic N) is 1. The van der Waals surface area contributed by atoms with Gasteiger partial charge in [0.05, 0.1) is 4.87 Å². The van der Waals surface area contributed by atoms with E-state index < -0.39 is 0 Å². The van der Waals surface area contributed by atoms with E-state index in [0.717, 1.165) is 0 Å². The van der Waals surface area contributed by atoms with Crippen LogP contribution in [0.3, 0.4) is 0 Å². The maximum absolute atomic E-state index is 3.80. The van der Waals surface area contributed by atoms with Crippen molar-refractivity contribution in [3.05, 3.63) is 0 Å². The minimum Gasteiger partial charge on any atom is -0.304 e. The normalized spacial score (nSPS) is 39.9. The van der Waals surface area contributed by atoms with Crippen molar-refractivity contribution in [2.24, 2.45) is 0 Å². The molecule has 2 rings (SSSR count). The topological polar surface area (TPSA) is 15.3 Å². The van der Waals surface area contributed by atoms with Crippen LogP contribution in [0, 0.1) is 0 Å². The summed E-state index contributed by atoms with van der Waals surface area (Å²) in [5.41, 5.74) is 0.336. The molecule has 3 heteroatoms. The number of likely N-dealkylation sites (N-methyl/N-ethyl adjacent to an activating group) is 1. The van der Waals surface area contributed by atoms with Gasteiger partial charge in [0, 0.05) is 17.8 Å². The van der Waals surface area contributed by atoms with Crippen molar-refractivity contribution in [3.63, 3.8) is 0 Å². The summed E-state index contributed by atoms with van der Waals surface area (Å²) < 4.78 is 0. The van der Waals surface area contributed by atoms with E-state index in [1.165, 1.54) is 31.7 Å². The van der Waals surface area contributed by atoms with Gasteiger partial charge < -0.3 is 4.90 Å². The van der Waals surface area contributed by atoms with E-state index >= 15 is 0 Å². The quantitative estimate of drug-likeness (QED) is 0.638. The average molecular weight is 200 g/mol. The molecule has 2 aliphatic heterocycles. The Bertz CT molecular complexity index is 205. The lowest BCUT2D eigenvalue weighted by atomic mass is 10.0. The second kappa shape index (κ2) is 3.14. The first kappa shape index (κ1) is 9.81. The standard InChI is InChI=1S/C10H20N2S/c1-9(2)8-13-10(11-9)5-4-6-12(3)7-10/h11H,4-8H2,1-3H3. The number of nitrogens with one attached hydrogen (secondary N) is 1. The van der Waals surface area contributed by atoms with Crippen LogP contribution in [-0.4, -0.2) is 41.2 Å². The summed E-state index contributed by atoms with van der Waals surface area (Å²) in [5, 5.41) is 3.80. The number of thioether (sulfide) groups is 1. The van der Waals surface area contributed by atoms with Crippen LogP contribution in [0.15, 0.2) is 0 Å². The second-order valence-corrected chi connectivity index (χ2v) is 6.49. The molecule has 0 aromatic rings. The van der Waals surface area contributed by atoms with Gasteiger partial charge in [-0.3, -0.25) is 5.32 Å². The molecule has 2 heterocycles. The Labute approximate surface area is 85.4 Å². The summed E-state index contributed by atoms with van der Waals surface area (Å²) in [6, 6.07) is 0. The van der Waals surface area contributed by atoms with Crippen LogP contribution in [0.2, 0.25) is 0 Å². The van der Waals surface area contributed by atoms with Gasteiger partial charge in [0.2, 0.25) is 0 Å². The third-order valence-corrected chi connectivity index (χ3v) is 4.78. The third kappa shape index (κ3) is 2.03. The molecule has 2 saturated heterocycles. The van der Waals surface area contributed by atoms with Gasteiger partial charge in [-0.1, -0.05) is 0 Å². The molecular formula is C10H20N2S. The van der Waals surface area contributed by atoms with Crippen LogP contribution >= 0.6 is 11.8 Å². The van der Waals surface area contributed by atoms with Gasteiger partial charge >= 0.3 is 0 Å². The summed E-state index contributed by atoms with van der Waals surface area (Å²) in [6.07, 6.45) is 2.68. The Balaban J connectivity index is 2.05. The molecule has 2 aliphatic rings. The molecule has 0 radical (unpaired) electrons. The zero-order valence-corrected chi connectivity index (χ0v) is 9.71. The van der Waals surface area contributed by atoms with Crippen molar-refractivity contribution in [1.82, 2.24) is 10.2 Å². The predicted octanol–water partition coefficient (Wildman–Crippen LogP) is 1.52. The lowest BCUT2D eigenvalue weighted by molar-refractivity contribution is 0.193. The van der Waals surface area contributed by atoms with Gasteiger partial charge in [0.15, 0.2) is 0 Å². The molecule has 0 aliphatic carbocycles. The molecule has 1 N–H and O–H groups in total. The molecule has 0 amide bonds. The lowest BCUT2D eigenvalue weighted by Gasteiger charge is -2.39. The van der Waals surface area contributed by atoms with Crippen molar-refractivity contribution >= 4 is 11.8 Å². The number of hydrogen-bond acceptors (Lipinski definition) is 3. The molecule has 13 heavy (non-hydrogen) atoms. The highest BCUT2D eigenvalue weighted by molar-refractivity contribution is 8.01. The molecule has 0 saturated carbocycles. The highest BCUT2D eigenvalue weighted by Crippen LogP contribution is 2.40. The van der Waals surface area contributed by atoms with Crippen molar-refractivity contribution in [2.75, 3.05) is 25.9 Å². The first-order chi connectivity index (χ1) is 6.02. The summed E-state index contributed by atoms with van der Waals surface area (Å²) in [6.45, 7) is 7.10. The van der Waals surface area contributed by atoms with Crippen molar-refractivity contribution in [3.8, 4) is 0 Å². The van der Waals surface area contributed by atoms with Crippen LogP contribution in [0.1, 0.15) is 26.7 Å². The number of hydrogen-bond donors (Lipinski definition) is 1. The number of rotatable bonds is 0. The van der Waals surface area contributed by atoms with Crippen LogP contribution in [0.25, 0.3) is 0 Å². The van der Waals surface area contributed by atoms with E-state index in [2.05, 4.69) is 42.9 Å². The molecule has 0 aromatic heterocycles. The Morgan fingerprint density at radius 2 is 2.15 bits per heavy atom. The smallest absolute Gasteiger partial charge is 0.0778 e. The Kier molecular flexibility index (Phi) is 2.37. The Morgan fingerprint density at radius 1 is 1.38 bits per heavy atom. The lowest BCUT2D eigenvalue weighted by Crippen LogP contribution is -2.55. The molecule has 1 atom stereocenters. The summed E-state index contributed by atoms with van der Waals surface area (Å²) in [7, 11) is 2.23. The molecule has 0 bridgehead atoms. The van der Waals surface area contributed by atoms with Crippen LogP contribution in [-0.2, 0) is 0 Å². The van der Waals surface area contributed by atoms with E-state index in [1.54, 1.807) is 0 Å². The van der Waals surface area contributed by atoms with Gasteiger partial charge in [-0.2, -0.15) is 0 Å². The fourth-order valence-electron chi connectivity index (χ4n) is 2.46. The highest BCUT2D eigenvalue weighted by Gasteiger charge is 2.44. The largest absolute Gasteiger partial charge is 0.304 e. The third-order valence-electron chi connectivity index (χ3n) is 2.92. The van der Waals surface area contributed by atoms with Gasteiger partial charge in [-0.05, 0) is 40.3 Å². The monoisotopic (exact) mass is 200 g/mol. The van der Waals surface area contributed by atoms with Crippen molar-refractivity contribution < 1.29 is 0 Å². The zero-order chi connectivity index (χ0) is 9.53. The number of likely N-dealkylation sites (tertiary alicyclic amines) is 1. The fourth-order valence-corrected chi connectivity index (χ4v) is 4.11. The maximum atomic E-state index is 3.80. The van der Waals surface area contributed by atoms with E-state index in [-0.39, 0.29) is 0 Å². The average Bonchev–Trinajstić information content (AvgIpc) is 2.26. The van der Waals surface area contributed by atoms with E-state index in [1.807, 2.05) is 0 Å². The van der Waals surface area contributed by atoms with Gasteiger partial charge in [0.25, 0.3) is 0 Å². The van der Waals surface area contributed by atoms with Crippen molar-refractivity contribution in [2.45, 2.75) is 37.1 Å². The molecule has 76 valence electrons. The molecular weight excluding hydrogens is 180 g/mol. The maximum Gasteiger partial charge on any atom is 0.0778 e. The van der Waals surface area contributed by atoms with Crippen LogP contribution in [0.4, 0.5) is 0 Å². The molecule has 1 spiro atoms. The molecule has 2 nitrogen and oxygen atoms in total. The van der Waals surface area contributed by atoms with Crippen LogP contribution in [0.5, 0.6) is 0 Å². The first-order valence-corrected chi connectivity index (χ1v) is 6.12. The predicted molar refractivity (Wildman–Crippen MR) is 59.1 cm³/mol. The Morgan fingerprint density at radius 3 is 2.69 bits per heavy atom. The fraction of sp³-hybridized carbons (Fsp3) is 1.00. The number of piperidine rings is 1. The summed E-state index contributed by atoms with van der Waals surface area (Å²) in [5.74, 6) is 1.25. The second-order valence-electron chi connectivity index (χ2n) is 5.13. The molecule has 2 fully saturated rings. The van der Waals surface area contributed by atoms with Gasteiger partial charge in [-0.25, -0.2) is 0 Å². The van der Waals surface area contributed by atoms with Crippen LogP contribution < -0.4 is 5.32 Å². The minimum atomic E-state index is 0.336. The highest BCUT2D eigenvalue weighted by atomic mass is 32.2.